The van der Waals surface area contributed by atoms with Gasteiger partial charge in [-0.1, -0.05) is 17.7 Å². The van der Waals surface area contributed by atoms with Gasteiger partial charge in [-0.25, -0.2) is 0 Å². The zero-order chi connectivity index (χ0) is 13.1. The van der Waals surface area contributed by atoms with Crippen LogP contribution in [-0.4, -0.2) is 10.9 Å². The van der Waals surface area contributed by atoms with Crippen molar-refractivity contribution in [2.45, 2.75) is 6.92 Å². The van der Waals surface area contributed by atoms with Crippen LogP contribution < -0.4 is 11.1 Å². The van der Waals surface area contributed by atoms with E-state index in [1.165, 1.54) is 0 Å². The minimum atomic E-state index is -0.339. The van der Waals surface area contributed by atoms with E-state index in [1.54, 1.807) is 36.5 Å². The first-order chi connectivity index (χ1) is 8.59. The van der Waals surface area contributed by atoms with Crippen molar-refractivity contribution in [3.63, 3.8) is 0 Å². The van der Waals surface area contributed by atoms with Crippen LogP contribution in [0.1, 0.15) is 16.1 Å². The molecule has 4 nitrogen and oxygen atoms in total. The molecule has 2 aromatic rings. The van der Waals surface area contributed by atoms with Crippen molar-refractivity contribution >= 4 is 28.9 Å². The van der Waals surface area contributed by atoms with Gasteiger partial charge in [-0.2, -0.15) is 0 Å². The summed E-state index contributed by atoms with van der Waals surface area (Å²) in [7, 11) is 0. The topological polar surface area (TPSA) is 68.0 Å². The van der Waals surface area contributed by atoms with Crippen molar-refractivity contribution in [2.75, 3.05) is 11.1 Å². The third-order valence-electron chi connectivity index (χ3n) is 2.53. The summed E-state index contributed by atoms with van der Waals surface area (Å²) in [6, 6.07) is 8.48. The van der Waals surface area contributed by atoms with Gasteiger partial charge in [0.25, 0.3) is 5.91 Å². The molecule has 0 saturated heterocycles. The highest BCUT2D eigenvalue weighted by atomic mass is 35.5. The predicted octanol–water partition coefficient (Wildman–Crippen LogP) is 2.88. The Hall–Kier alpha value is -2.07. The Morgan fingerprint density at radius 1 is 1.33 bits per heavy atom. The van der Waals surface area contributed by atoms with E-state index in [1.807, 2.05) is 6.92 Å². The van der Waals surface area contributed by atoms with Gasteiger partial charge in [-0.05, 0) is 31.2 Å². The van der Waals surface area contributed by atoms with E-state index >= 15 is 0 Å². The summed E-state index contributed by atoms with van der Waals surface area (Å²) in [6.45, 7) is 1.81. The van der Waals surface area contributed by atoms with Crippen LogP contribution in [0.5, 0.6) is 0 Å². The molecule has 1 aromatic heterocycles. The largest absolute Gasteiger partial charge is 0.398 e. The van der Waals surface area contributed by atoms with Crippen molar-refractivity contribution in [1.29, 1.82) is 0 Å². The summed E-state index contributed by atoms with van der Waals surface area (Å²) in [5.74, 6) is -0.339. The van der Waals surface area contributed by atoms with Gasteiger partial charge in [-0.3, -0.25) is 9.78 Å². The van der Waals surface area contributed by atoms with E-state index in [0.717, 1.165) is 5.69 Å². The second-order valence-corrected chi connectivity index (χ2v) is 4.20. The molecular weight excluding hydrogens is 250 g/mol. The number of benzene rings is 1. The number of nitrogens with two attached hydrogens (primary N) is 1. The summed E-state index contributed by atoms with van der Waals surface area (Å²) >= 11 is 5.97. The number of carbonyl (C=O) groups is 1. The van der Waals surface area contributed by atoms with Crippen LogP contribution in [0.15, 0.2) is 36.5 Å². The van der Waals surface area contributed by atoms with Crippen LogP contribution in [0.2, 0.25) is 5.02 Å². The highest BCUT2D eigenvalue weighted by molar-refractivity contribution is 6.35. The van der Waals surface area contributed by atoms with Crippen LogP contribution >= 0.6 is 11.6 Å². The van der Waals surface area contributed by atoms with Gasteiger partial charge in [0.15, 0.2) is 0 Å². The number of hydrogen-bond donors (Lipinski definition) is 2. The van der Waals surface area contributed by atoms with Crippen molar-refractivity contribution in [3.05, 3.63) is 52.8 Å². The lowest BCUT2D eigenvalue weighted by molar-refractivity contribution is 0.102. The van der Waals surface area contributed by atoms with Gasteiger partial charge in [0.1, 0.15) is 0 Å². The van der Waals surface area contributed by atoms with Gasteiger partial charge < -0.3 is 11.1 Å². The second kappa shape index (κ2) is 5.06. The number of carbonyl (C=O) groups excluding carboxylic acids is 1. The number of nitrogens with zero attached hydrogens (tertiary/aromatic N) is 1. The second-order valence-electron chi connectivity index (χ2n) is 3.79. The summed E-state index contributed by atoms with van der Waals surface area (Å²) in [6.07, 6.45) is 1.66. The van der Waals surface area contributed by atoms with E-state index in [-0.39, 0.29) is 11.5 Å². The van der Waals surface area contributed by atoms with E-state index < -0.39 is 0 Å². The first-order valence-corrected chi connectivity index (χ1v) is 5.74. The molecule has 0 bridgehead atoms. The molecule has 0 fully saturated rings. The fraction of sp³-hybridized carbons (Fsp3) is 0.0769. The molecule has 0 aliphatic carbocycles. The quantitative estimate of drug-likeness (QED) is 0.817. The summed E-state index contributed by atoms with van der Waals surface area (Å²) in [4.78, 5) is 16.2. The molecule has 0 spiro atoms. The maximum atomic E-state index is 12.1. The zero-order valence-electron chi connectivity index (χ0n) is 9.77. The lowest BCUT2D eigenvalue weighted by Crippen LogP contribution is -2.15. The molecule has 1 heterocycles. The molecule has 0 saturated carbocycles. The number of pyridine rings is 1. The Morgan fingerprint density at radius 2 is 2.11 bits per heavy atom. The normalized spacial score (nSPS) is 10.1. The van der Waals surface area contributed by atoms with Gasteiger partial charge in [-0.15, -0.1) is 0 Å². The average Bonchev–Trinajstić information content (AvgIpc) is 2.32. The van der Waals surface area contributed by atoms with Crippen LogP contribution in [0.3, 0.4) is 0 Å². The number of rotatable bonds is 2. The van der Waals surface area contributed by atoms with E-state index in [9.17, 15) is 4.79 Å². The van der Waals surface area contributed by atoms with Crippen LogP contribution in [-0.2, 0) is 0 Å². The highest BCUT2D eigenvalue weighted by Crippen LogP contribution is 2.23. The maximum absolute atomic E-state index is 12.1. The number of aryl methyl sites for hydroxylation is 1. The monoisotopic (exact) mass is 261 g/mol. The summed E-state index contributed by atoms with van der Waals surface area (Å²) < 4.78 is 0. The lowest BCUT2D eigenvalue weighted by Gasteiger charge is -2.10. The molecule has 1 aromatic carbocycles. The van der Waals surface area contributed by atoms with Gasteiger partial charge in [0, 0.05) is 11.9 Å². The van der Waals surface area contributed by atoms with Gasteiger partial charge >= 0.3 is 0 Å². The molecule has 3 N–H and O–H groups in total. The fourth-order valence-corrected chi connectivity index (χ4v) is 1.85. The standard InChI is InChI=1S/C13H12ClN3O/c1-8-11(6-3-7-16-8)17-13(18)12-9(14)4-2-5-10(12)15/h2-7H,15H2,1H3,(H,17,18). The van der Waals surface area contributed by atoms with Crippen molar-refractivity contribution in [3.8, 4) is 0 Å². The Bertz CT molecular complexity index is 578. The predicted molar refractivity (Wildman–Crippen MR) is 72.8 cm³/mol. The number of aromatic nitrogens is 1. The number of nitrogen functional groups attached to an aromatic ring is 1. The van der Waals surface area contributed by atoms with Crippen LogP contribution in [0, 0.1) is 6.92 Å². The van der Waals surface area contributed by atoms with Crippen molar-refractivity contribution in [2.24, 2.45) is 0 Å². The minimum absolute atomic E-state index is 0.280. The van der Waals surface area contributed by atoms with E-state index in [0.29, 0.717) is 16.4 Å². The van der Waals surface area contributed by atoms with Crippen LogP contribution in [0.4, 0.5) is 11.4 Å². The SMILES string of the molecule is Cc1ncccc1NC(=O)c1c(N)cccc1Cl. The molecule has 1 amide bonds. The van der Waals surface area contributed by atoms with Gasteiger partial charge in [0.05, 0.1) is 22.0 Å². The third-order valence-corrected chi connectivity index (χ3v) is 2.84. The van der Waals surface area contributed by atoms with Crippen molar-refractivity contribution in [1.82, 2.24) is 4.98 Å². The Kier molecular flexibility index (Phi) is 3.48. The molecule has 18 heavy (non-hydrogen) atoms. The lowest BCUT2D eigenvalue weighted by atomic mass is 10.1. The number of halogens is 1. The molecule has 0 aliphatic heterocycles. The maximum Gasteiger partial charge on any atom is 0.259 e. The Morgan fingerprint density at radius 3 is 2.78 bits per heavy atom. The summed E-state index contributed by atoms with van der Waals surface area (Å²) in [5, 5.41) is 3.07. The zero-order valence-corrected chi connectivity index (χ0v) is 10.5. The third kappa shape index (κ3) is 2.43. The first kappa shape index (κ1) is 12.4. The molecular formula is C13H12ClN3O. The molecule has 0 aliphatic rings. The first-order valence-electron chi connectivity index (χ1n) is 5.36. The van der Waals surface area contributed by atoms with Gasteiger partial charge in [0.2, 0.25) is 0 Å². The number of amides is 1. The highest BCUT2D eigenvalue weighted by Gasteiger charge is 2.14. The summed E-state index contributed by atoms with van der Waals surface area (Å²) in [5.41, 5.74) is 7.76. The number of nitrogens with one attached hydrogen (secondary N) is 1. The molecule has 2 rings (SSSR count). The molecule has 0 atom stereocenters. The molecule has 0 radical (unpaired) electrons. The molecule has 0 unspecified atom stereocenters. The minimum Gasteiger partial charge on any atom is -0.398 e. The Labute approximate surface area is 110 Å². The smallest absolute Gasteiger partial charge is 0.259 e. The Balaban J connectivity index is 2.31. The molecule has 92 valence electrons. The number of hydrogen-bond acceptors (Lipinski definition) is 3. The van der Waals surface area contributed by atoms with E-state index in [4.69, 9.17) is 17.3 Å². The van der Waals surface area contributed by atoms with E-state index in [2.05, 4.69) is 10.3 Å². The average molecular weight is 262 g/mol. The fourth-order valence-electron chi connectivity index (χ4n) is 1.58. The van der Waals surface area contributed by atoms with Crippen LogP contribution in [0.25, 0.3) is 0 Å². The molecule has 5 heteroatoms. The number of anilines is 2. The van der Waals surface area contributed by atoms with Crippen molar-refractivity contribution < 1.29 is 4.79 Å².